The second kappa shape index (κ2) is 9.51. The van der Waals surface area contributed by atoms with Crippen molar-refractivity contribution in [1.82, 2.24) is 14.3 Å². The van der Waals surface area contributed by atoms with Gasteiger partial charge in [0.05, 0.1) is 24.0 Å². The fourth-order valence-corrected chi connectivity index (χ4v) is 5.07. The summed E-state index contributed by atoms with van der Waals surface area (Å²) in [5.41, 5.74) is 0.990. The Labute approximate surface area is 182 Å². The number of benzene rings is 1. The van der Waals surface area contributed by atoms with E-state index in [9.17, 15) is 21.6 Å². The first-order valence-electron chi connectivity index (χ1n) is 9.92. The first kappa shape index (κ1) is 23.5. The third-order valence-corrected chi connectivity index (χ3v) is 7.30. The van der Waals surface area contributed by atoms with Crippen LogP contribution in [0.2, 0.25) is 0 Å². The molecule has 0 spiro atoms. The lowest BCUT2D eigenvalue weighted by molar-refractivity contribution is 0.0675. The van der Waals surface area contributed by atoms with E-state index in [0.29, 0.717) is 30.0 Å². The SMILES string of the molecule is Cc1ccc(S(=O)(=O)NCc2ccco2)cc1C(=O)N1CCCC(CNS(C)(=O)=O)C1. The summed E-state index contributed by atoms with van der Waals surface area (Å²) in [6, 6.07) is 7.80. The molecule has 0 aliphatic carbocycles. The molecule has 0 saturated carbocycles. The second-order valence-corrected chi connectivity index (χ2v) is 11.4. The first-order valence-corrected chi connectivity index (χ1v) is 13.3. The molecule has 0 bridgehead atoms. The van der Waals surface area contributed by atoms with Crippen molar-refractivity contribution >= 4 is 26.0 Å². The Morgan fingerprint density at radius 2 is 1.97 bits per heavy atom. The summed E-state index contributed by atoms with van der Waals surface area (Å²) >= 11 is 0. The molecule has 2 heterocycles. The Balaban J connectivity index is 1.73. The molecule has 1 aliphatic rings. The van der Waals surface area contributed by atoms with Gasteiger partial charge in [-0.1, -0.05) is 6.07 Å². The minimum Gasteiger partial charge on any atom is -0.468 e. The molecule has 2 aromatic rings. The van der Waals surface area contributed by atoms with Crippen LogP contribution in [0, 0.1) is 12.8 Å². The molecular formula is C20H27N3O6S2. The predicted molar refractivity (Wildman–Crippen MR) is 115 cm³/mol. The molecule has 3 rings (SSSR count). The highest BCUT2D eigenvalue weighted by Gasteiger charge is 2.27. The topological polar surface area (TPSA) is 126 Å². The maximum absolute atomic E-state index is 13.1. The molecule has 1 amide bonds. The number of carbonyl (C=O) groups excluding carboxylic acids is 1. The van der Waals surface area contributed by atoms with Gasteiger partial charge in [-0.3, -0.25) is 4.79 Å². The van der Waals surface area contributed by atoms with Gasteiger partial charge in [-0.2, -0.15) is 0 Å². The first-order chi connectivity index (χ1) is 14.5. The quantitative estimate of drug-likeness (QED) is 0.603. The van der Waals surface area contributed by atoms with Crippen molar-refractivity contribution in [2.75, 3.05) is 25.9 Å². The van der Waals surface area contributed by atoms with Crippen LogP contribution in [0.3, 0.4) is 0 Å². The minimum absolute atomic E-state index is 0.000286. The highest BCUT2D eigenvalue weighted by atomic mass is 32.2. The van der Waals surface area contributed by atoms with Crippen molar-refractivity contribution in [2.45, 2.75) is 31.2 Å². The molecule has 1 unspecified atom stereocenters. The number of carbonyl (C=O) groups is 1. The number of nitrogens with zero attached hydrogens (tertiary/aromatic N) is 1. The Kier molecular flexibility index (Phi) is 7.20. The molecule has 1 aliphatic heterocycles. The van der Waals surface area contributed by atoms with Gasteiger partial charge in [0, 0.05) is 25.2 Å². The Morgan fingerprint density at radius 1 is 1.19 bits per heavy atom. The average Bonchev–Trinajstić information content (AvgIpc) is 3.24. The van der Waals surface area contributed by atoms with Crippen LogP contribution < -0.4 is 9.44 Å². The predicted octanol–water partition coefficient (Wildman–Crippen LogP) is 1.47. The smallest absolute Gasteiger partial charge is 0.254 e. The van der Waals surface area contributed by atoms with Crippen LogP contribution in [0.5, 0.6) is 0 Å². The molecule has 170 valence electrons. The van der Waals surface area contributed by atoms with Gasteiger partial charge in [-0.05, 0) is 55.5 Å². The summed E-state index contributed by atoms with van der Waals surface area (Å²) in [6.45, 7) is 2.99. The van der Waals surface area contributed by atoms with Crippen LogP contribution in [-0.2, 0) is 26.6 Å². The van der Waals surface area contributed by atoms with E-state index in [1.165, 1.54) is 18.4 Å². The van der Waals surface area contributed by atoms with Gasteiger partial charge in [-0.15, -0.1) is 0 Å². The zero-order chi connectivity index (χ0) is 22.6. The van der Waals surface area contributed by atoms with Crippen LogP contribution >= 0.6 is 0 Å². The van der Waals surface area contributed by atoms with E-state index in [2.05, 4.69) is 9.44 Å². The van der Waals surface area contributed by atoms with E-state index in [1.54, 1.807) is 30.0 Å². The van der Waals surface area contributed by atoms with Crippen LogP contribution in [0.4, 0.5) is 0 Å². The van der Waals surface area contributed by atoms with Crippen molar-refractivity contribution in [3.63, 3.8) is 0 Å². The minimum atomic E-state index is -3.83. The second-order valence-electron chi connectivity index (χ2n) is 7.76. The zero-order valence-electron chi connectivity index (χ0n) is 17.5. The lowest BCUT2D eigenvalue weighted by atomic mass is 9.97. The molecule has 1 aromatic carbocycles. The van der Waals surface area contributed by atoms with E-state index in [1.807, 2.05) is 0 Å². The van der Waals surface area contributed by atoms with Gasteiger partial charge in [0.15, 0.2) is 0 Å². The number of hydrogen-bond donors (Lipinski definition) is 2. The molecule has 1 saturated heterocycles. The number of nitrogens with one attached hydrogen (secondary N) is 2. The zero-order valence-corrected chi connectivity index (χ0v) is 19.1. The fraction of sp³-hybridized carbons (Fsp3) is 0.450. The van der Waals surface area contributed by atoms with Crippen LogP contribution in [-0.4, -0.2) is 53.5 Å². The van der Waals surface area contributed by atoms with Crippen molar-refractivity contribution in [1.29, 1.82) is 0 Å². The number of likely N-dealkylation sites (tertiary alicyclic amines) is 1. The summed E-state index contributed by atoms with van der Waals surface area (Å²) in [5.74, 6) is 0.230. The number of piperidine rings is 1. The van der Waals surface area contributed by atoms with E-state index >= 15 is 0 Å². The molecule has 1 fully saturated rings. The van der Waals surface area contributed by atoms with Gasteiger partial charge >= 0.3 is 0 Å². The molecule has 0 radical (unpaired) electrons. The van der Waals surface area contributed by atoms with Crippen molar-refractivity contribution < 1.29 is 26.0 Å². The Hall–Kier alpha value is -2.21. The highest BCUT2D eigenvalue weighted by Crippen LogP contribution is 2.22. The third-order valence-electron chi connectivity index (χ3n) is 5.21. The average molecular weight is 470 g/mol. The Bertz CT molecular complexity index is 1130. The summed E-state index contributed by atoms with van der Waals surface area (Å²) in [5, 5.41) is 0. The molecule has 31 heavy (non-hydrogen) atoms. The van der Waals surface area contributed by atoms with Crippen LogP contribution in [0.1, 0.15) is 34.5 Å². The third kappa shape index (κ3) is 6.39. The monoisotopic (exact) mass is 469 g/mol. The standard InChI is InChI=1S/C20H27N3O6S2/c1-15-7-8-18(31(27,28)22-13-17-6-4-10-29-17)11-19(15)20(24)23-9-3-5-16(14-23)12-21-30(2,25)26/h4,6-8,10-11,16,21-22H,3,5,9,12-14H2,1-2H3. The molecule has 9 nitrogen and oxygen atoms in total. The highest BCUT2D eigenvalue weighted by molar-refractivity contribution is 7.89. The van der Waals surface area contributed by atoms with Gasteiger partial charge in [0.1, 0.15) is 5.76 Å². The van der Waals surface area contributed by atoms with Crippen molar-refractivity contribution in [3.05, 3.63) is 53.5 Å². The van der Waals surface area contributed by atoms with E-state index in [-0.39, 0.29) is 29.8 Å². The van der Waals surface area contributed by atoms with Crippen LogP contribution in [0.15, 0.2) is 45.9 Å². The number of sulfonamides is 2. The number of rotatable bonds is 8. The summed E-state index contributed by atoms with van der Waals surface area (Å²) in [4.78, 5) is 14.8. The normalized spacial score (nSPS) is 17.6. The largest absolute Gasteiger partial charge is 0.468 e. The molecule has 11 heteroatoms. The Morgan fingerprint density at radius 3 is 2.65 bits per heavy atom. The van der Waals surface area contributed by atoms with Gasteiger partial charge in [-0.25, -0.2) is 26.3 Å². The van der Waals surface area contributed by atoms with E-state index in [0.717, 1.165) is 19.1 Å². The van der Waals surface area contributed by atoms with E-state index in [4.69, 9.17) is 4.42 Å². The maximum atomic E-state index is 13.1. The van der Waals surface area contributed by atoms with Crippen molar-refractivity contribution in [3.8, 4) is 0 Å². The van der Waals surface area contributed by atoms with Gasteiger partial charge in [0.25, 0.3) is 5.91 Å². The molecule has 1 aromatic heterocycles. The van der Waals surface area contributed by atoms with Crippen LogP contribution in [0.25, 0.3) is 0 Å². The number of amides is 1. The summed E-state index contributed by atoms with van der Waals surface area (Å²) in [6.07, 6.45) is 4.14. The van der Waals surface area contributed by atoms with Gasteiger partial charge in [0.2, 0.25) is 20.0 Å². The fourth-order valence-electron chi connectivity index (χ4n) is 3.52. The van der Waals surface area contributed by atoms with Gasteiger partial charge < -0.3 is 9.32 Å². The lowest BCUT2D eigenvalue weighted by Gasteiger charge is -2.33. The molecule has 2 N–H and O–H groups in total. The molecular weight excluding hydrogens is 442 g/mol. The molecule has 1 atom stereocenters. The lowest BCUT2D eigenvalue weighted by Crippen LogP contribution is -2.43. The summed E-state index contributed by atoms with van der Waals surface area (Å²) < 4.78 is 58.2. The van der Waals surface area contributed by atoms with Crippen molar-refractivity contribution in [2.24, 2.45) is 5.92 Å². The van der Waals surface area contributed by atoms with E-state index < -0.39 is 20.0 Å². The maximum Gasteiger partial charge on any atom is 0.254 e. The number of hydrogen-bond acceptors (Lipinski definition) is 6. The number of aryl methyl sites for hydroxylation is 1. The summed E-state index contributed by atoms with van der Waals surface area (Å²) in [7, 11) is -7.13. The number of furan rings is 1.